The van der Waals surface area contributed by atoms with Crippen molar-refractivity contribution >= 4 is 0 Å². The number of hydrogen-bond donors (Lipinski definition) is 0. The fraction of sp³-hybridized carbons (Fsp3) is 0.389. The van der Waals surface area contributed by atoms with Crippen molar-refractivity contribution < 1.29 is 30.7 Å². The van der Waals surface area contributed by atoms with Crippen LogP contribution in [-0.2, 0) is 6.18 Å². The summed E-state index contributed by atoms with van der Waals surface area (Å²) in [5.41, 5.74) is -2.61. The van der Waals surface area contributed by atoms with Crippen molar-refractivity contribution in [3.8, 4) is 0 Å². The molecule has 0 aliphatic rings. The molecule has 0 amide bonds. The van der Waals surface area contributed by atoms with Gasteiger partial charge in [0.25, 0.3) is 0 Å². The molecule has 2 rings (SSSR count). The highest BCUT2D eigenvalue weighted by Crippen LogP contribution is 2.36. The van der Waals surface area contributed by atoms with E-state index in [2.05, 4.69) is 4.98 Å². The number of nitrogens with zero attached hydrogens (tertiary/aromatic N) is 1. The van der Waals surface area contributed by atoms with Crippen LogP contribution in [0.25, 0.3) is 0 Å². The maximum Gasteiger partial charge on any atom is 0.422 e. The zero-order chi connectivity index (χ0) is 21.1. The maximum absolute atomic E-state index is 12.7. The summed E-state index contributed by atoms with van der Waals surface area (Å²) in [5.74, 6) is -8.94. The SMILES string of the molecule is CC.CC.Cc1c(F)c(F)c(C(F)(F)F)c(F)c1F.Cc1ccccn1. The van der Waals surface area contributed by atoms with Crippen molar-refractivity contribution in [1.82, 2.24) is 4.98 Å². The molecule has 0 unspecified atom stereocenters. The normalized spacial score (nSPS) is 9.73. The Morgan fingerprint density at radius 3 is 1.38 bits per heavy atom. The maximum atomic E-state index is 12.7. The summed E-state index contributed by atoms with van der Waals surface area (Å²) in [7, 11) is 0. The number of pyridine rings is 1. The third-order valence-corrected chi connectivity index (χ3v) is 2.58. The summed E-state index contributed by atoms with van der Waals surface area (Å²) in [6.45, 7) is 10.6. The summed E-state index contributed by atoms with van der Waals surface area (Å²) >= 11 is 0. The van der Waals surface area contributed by atoms with E-state index >= 15 is 0 Å². The van der Waals surface area contributed by atoms with Crippen molar-refractivity contribution in [2.75, 3.05) is 0 Å². The molecule has 8 heteroatoms. The first-order valence-electron chi connectivity index (χ1n) is 7.84. The predicted octanol–water partition coefficient (Wildman–Crippen LogP) is 7.01. The Morgan fingerprint density at radius 2 is 1.15 bits per heavy atom. The third kappa shape index (κ3) is 7.41. The van der Waals surface area contributed by atoms with Gasteiger partial charge in [-0.15, -0.1) is 0 Å². The molecule has 148 valence electrons. The molecule has 0 aliphatic carbocycles. The molecule has 0 N–H and O–H groups in total. The highest BCUT2D eigenvalue weighted by Gasteiger charge is 2.41. The lowest BCUT2D eigenvalue weighted by Crippen LogP contribution is -2.16. The van der Waals surface area contributed by atoms with E-state index in [0.29, 0.717) is 6.92 Å². The largest absolute Gasteiger partial charge is 0.422 e. The van der Waals surface area contributed by atoms with Crippen LogP contribution in [0.15, 0.2) is 24.4 Å². The summed E-state index contributed by atoms with van der Waals surface area (Å²) in [6, 6.07) is 5.86. The molecular weight excluding hydrogens is 363 g/mol. The van der Waals surface area contributed by atoms with E-state index in [9.17, 15) is 30.7 Å². The molecule has 1 aromatic heterocycles. The standard InChI is InChI=1S/C8H3F7.C6H7N.2C2H6/c1-2-4(9)6(11)3(8(13,14)15)7(12)5(2)10;1-6-4-2-3-5-7-6;2*1-2/h1H3;2-5H,1H3;2*1-2H3. The molecular formula is C18H22F7N. The number of benzene rings is 1. The monoisotopic (exact) mass is 385 g/mol. The van der Waals surface area contributed by atoms with Crippen LogP contribution in [0.1, 0.15) is 44.5 Å². The zero-order valence-corrected chi connectivity index (χ0v) is 15.4. The third-order valence-electron chi connectivity index (χ3n) is 2.58. The molecule has 0 fully saturated rings. The zero-order valence-electron chi connectivity index (χ0n) is 15.4. The average molecular weight is 385 g/mol. The second-order valence-electron chi connectivity index (χ2n) is 4.22. The van der Waals surface area contributed by atoms with Crippen LogP contribution in [0.4, 0.5) is 30.7 Å². The summed E-state index contributed by atoms with van der Waals surface area (Å²) in [6.07, 6.45) is -3.70. The van der Waals surface area contributed by atoms with Crippen molar-refractivity contribution in [3.05, 3.63) is 64.5 Å². The van der Waals surface area contributed by atoms with E-state index in [1.807, 2.05) is 52.8 Å². The highest BCUT2D eigenvalue weighted by atomic mass is 19.4. The van der Waals surface area contributed by atoms with Crippen LogP contribution < -0.4 is 0 Å². The van der Waals surface area contributed by atoms with Gasteiger partial charge in [-0.25, -0.2) is 17.6 Å². The topological polar surface area (TPSA) is 12.9 Å². The highest BCUT2D eigenvalue weighted by molar-refractivity contribution is 5.30. The number of hydrogen-bond acceptors (Lipinski definition) is 1. The van der Waals surface area contributed by atoms with Crippen molar-refractivity contribution in [2.24, 2.45) is 0 Å². The molecule has 1 heterocycles. The molecule has 0 saturated carbocycles. The van der Waals surface area contributed by atoms with E-state index < -0.39 is 40.6 Å². The van der Waals surface area contributed by atoms with Gasteiger partial charge in [-0.3, -0.25) is 4.98 Å². The second-order valence-corrected chi connectivity index (χ2v) is 4.22. The van der Waals surface area contributed by atoms with Gasteiger partial charge in [-0.2, -0.15) is 13.2 Å². The Labute approximate surface area is 148 Å². The minimum absolute atomic E-state index is 0.636. The quantitative estimate of drug-likeness (QED) is 0.351. The molecule has 2 aromatic rings. The lowest BCUT2D eigenvalue weighted by atomic mass is 10.1. The van der Waals surface area contributed by atoms with Crippen LogP contribution in [0.5, 0.6) is 0 Å². The van der Waals surface area contributed by atoms with E-state index in [0.717, 1.165) is 5.69 Å². The summed E-state index contributed by atoms with van der Waals surface area (Å²) in [5, 5.41) is 0. The van der Waals surface area contributed by atoms with Gasteiger partial charge in [0.1, 0.15) is 5.56 Å². The summed E-state index contributed by atoms with van der Waals surface area (Å²) in [4.78, 5) is 3.98. The van der Waals surface area contributed by atoms with Crippen LogP contribution in [0, 0.1) is 37.1 Å². The van der Waals surface area contributed by atoms with Gasteiger partial charge >= 0.3 is 6.18 Å². The number of alkyl halides is 3. The molecule has 0 spiro atoms. The number of halogens is 7. The molecule has 0 bridgehead atoms. The van der Waals surface area contributed by atoms with Crippen LogP contribution in [-0.4, -0.2) is 4.98 Å². The van der Waals surface area contributed by atoms with Gasteiger partial charge in [0.05, 0.1) is 0 Å². The Kier molecular flexibility index (Phi) is 12.3. The Hall–Kier alpha value is -2.12. The second kappa shape index (κ2) is 12.3. The molecule has 0 saturated heterocycles. The first kappa shape index (κ1) is 26.1. The van der Waals surface area contributed by atoms with Gasteiger partial charge in [-0.05, 0) is 26.0 Å². The van der Waals surface area contributed by atoms with Gasteiger partial charge in [-0.1, -0.05) is 33.8 Å². The molecule has 1 nitrogen and oxygen atoms in total. The van der Waals surface area contributed by atoms with Gasteiger partial charge < -0.3 is 0 Å². The number of aryl methyl sites for hydroxylation is 1. The Bertz CT molecular complexity index is 624. The fourth-order valence-electron chi connectivity index (χ4n) is 1.44. The fourth-order valence-corrected chi connectivity index (χ4v) is 1.44. The predicted molar refractivity (Wildman–Crippen MR) is 87.7 cm³/mol. The van der Waals surface area contributed by atoms with Crippen LogP contribution in [0.3, 0.4) is 0 Å². The van der Waals surface area contributed by atoms with Gasteiger partial charge in [0.2, 0.25) is 0 Å². The first-order chi connectivity index (χ1) is 12.1. The van der Waals surface area contributed by atoms with E-state index in [-0.39, 0.29) is 0 Å². The van der Waals surface area contributed by atoms with E-state index in [1.165, 1.54) is 0 Å². The molecule has 0 radical (unpaired) electrons. The Balaban J connectivity index is 0. The van der Waals surface area contributed by atoms with Crippen LogP contribution in [0.2, 0.25) is 0 Å². The van der Waals surface area contributed by atoms with E-state index in [1.54, 1.807) is 6.20 Å². The number of aromatic nitrogens is 1. The van der Waals surface area contributed by atoms with Crippen molar-refractivity contribution in [2.45, 2.75) is 47.7 Å². The smallest absolute Gasteiger partial charge is 0.262 e. The van der Waals surface area contributed by atoms with Gasteiger partial charge in [0, 0.05) is 17.5 Å². The molecule has 0 aliphatic heterocycles. The lowest BCUT2D eigenvalue weighted by molar-refractivity contribution is -0.143. The minimum atomic E-state index is -5.48. The van der Waals surface area contributed by atoms with Crippen LogP contribution >= 0.6 is 0 Å². The average Bonchev–Trinajstić information content (AvgIpc) is 2.62. The van der Waals surface area contributed by atoms with E-state index in [4.69, 9.17) is 0 Å². The lowest BCUT2D eigenvalue weighted by Gasteiger charge is -2.11. The number of rotatable bonds is 0. The Morgan fingerprint density at radius 1 is 0.731 bits per heavy atom. The minimum Gasteiger partial charge on any atom is -0.262 e. The van der Waals surface area contributed by atoms with Gasteiger partial charge in [0.15, 0.2) is 23.3 Å². The molecule has 0 atom stereocenters. The van der Waals surface area contributed by atoms with Crippen molar-refractivity contribution in [1.29, 1.82) is 0 Å². The summed E-state index contributed by atoms with van der Waals surface area (Å²) < 4.78 is 86.7. The van der Waals surface area contributed by atoms with Crippen molar-refractivity contribution in [3.63, 3.8) is 0 Å². The molecule has 26 heavy (non-hydrogen) atoms. The first-order valence-corrected chi connectivity index (χ1v) is 7.84. The molecule has 1 aromatic carbocycles.